The molecule has 0 saturated carbocycles. The summed E-state index contributed by atoms with van der Waals surface area (Å²) < 4.78 is 5.63. The van der Waals surface area contributed by atoms with Gasteiger partial charge in [-0.15, -0.1) is 11.3 Å². The van der Waals surface area contributed by atoms with Gasteiger partial charge in [0.15, 0.2) is 0 Å². The predicted molar refractivity (Wildman–Crippen MR) is 48.7 cm³/mol. The van der Waals surface area contributed by atoms with Gasteiger partial charge >= 0.3 is 0 Å². The lowest BCUT2D eigenvalue weighted by Crippen LogP contribution is -2.45. The van der Waals surface area contributed by atoms with Gasteiger partial charge < -0.3 is 9.84 Å². The Morgan fingerprint density at radius 1 is 1.58 bits per heavy atom. The molecule has 1 aromatic heterocycles. The van der Waals surface area contributed by atoms with E-state index >= 15 is 0 Å². The minimum Gasteiger partial charge on any atom is -0.484 e. The molecule has 1 aliphatic heterocycles. The van der Waals surface area contributed by atoms with E-state index in [0.29, 0.717) is 6.42 Å². The van der Waals surface area contributed by atoms with Crippen LogP contribution in [-0.2, 0) is 6.42 Å². The van der Waals surface area contributed by atoms with Crippen molar-refractivity contribution in [2.24, 2.45) is 0 Å². The second-order valence-electron chi connectivity index (χ2n) is 3.69. The third-order valence-corrected chi connectivity index (χ3v) is 3.06. The van der Waals surface area contributed by atoms with Crippen LogP contribution in [0.4, 0.5) is 0 Å². The van der Waals surface area contributed by atoms with E-state index in [9.17, 15) is 5.11 Å². The lowest BCUT2D eigenvalue weighted by atomic mass is 9.93. The van der Waals surface area contributed by atoms with E-state index in [1.807, 2.05) is 24.6 Å². The Morgan fingerprint density at radius 2 is 2.33 bits per heavy atom. The van der Waals surface area contributed by atoms with Crippen molar-refractivity contribution < 1.29 is 9.84 Å². The largest absolute Gasteiger partial charge is 0.484 e. The maximum atomic E-state index is 9.68. The quantitative estimate of drug-likeness (QED) is 0.666. The fourth-order valence-electron chi connectivity index (χ4n) is 1.36. The third-order valence-electron chi connectivity index (χ3n) is 2.29. The predicted octanol–water partition coefficient (Wildman–Crippen LogP) is 1.82. The van der Waals surface area contributed by atoms with E-state index in [0.717, 1.165) is 11.3 Å². The Bertz CT molecular complexity index is 290. The van der Waals surface area contributed by atoms with Crippen molar-refractivity contribution in [1.29, 1.82) is 0 Å². The highest BCUT2D eigenvalue weighted by atomic mass is 32.1. The molecule has 66 valence electrons. The monoisotopic (exact) mass is 184 g/mol. The summed E-state index contributed by atoms with van der Waals surface area (Å²) in [6.07, 6.45) is 0.325. The first-order chi connectivity index (χ1) is 5.59. The summed E-state index contributed by atoms with van der Waals surface area (Å²) in [7, 11) is 0. The molecule has 0 bridgehead atoms. The van der Waals surface area contributed by atoms with Gasteiger partial charge in [-0.3, -0.25) is 0 Å². The summed E-state index contributed by atoms with van der Waals surface area (Å²) in [5.41, 5.74) is 0.695. The summed E-state index contributed by atoms with van der Waals surface area (Å²) >= 11 is 1.62. The van der Waals surface area contributed by atoms with Crippen molar-refractivity contribution in [3.63, 3.8) is 0 Å². The molecule has 0 fully saturated rings. The third kappa shape index (κ3) is 1.13. The lowest BCUT2D eigenvalue weighted by Gasteiger charge is -2.35. The number of thiophene rings is 1. The molecule has 3 heteroatoms. The molecule has 0 amide bonds. The fraction of sp³-hybridized carbons (Fsp3) is 0.556. The second-order valence-corrected chi connectivity index (χ2v) is 4.43. The summed E-state index contributed by atoms with van der Waals surface area (Å²) in [4.78, 5) is 0. The van der Waals surface area contributed by atoms with Crippen LogP contribution in [-0.4, -0.2) is 16.8 Å². The minimum absolute atomic E-state index is 0.389. The molecular weight excluding hydrogens is 172 g/mol. The molecule has 0 spiro atoms. The van der Waals surface area contributed by atoms with Crippen LogP contribution >= 0.6 is 11.3 Å². The Labute approximate surface area is 75.8 Å². The van der Waals surface area contributed by atoms with Gasteiger partial charge in [0.1, 0.15) is 11.4 Å². The smallest absolute Gasteiger partial charge is 0.134 e. The van der Waals surface area contributed by atoms with E-state index in [4.69, 9.17) is 4.74 Å². The molecule has 2 heterocycles. The molecule has 0 aliphatic carbocycles. The van der Waals surface area contributed by atoms with Gasteiger partial charge in [-0.1, -0.05) is 0 Å². The first-order valence-electron chi connectivity index (χ1n) is 4.02. The SMILES string of the molecule is CC1(C)Oc2cscc2CC1O. The number of aliphatic hydroxyl groups excluding tert-OH is 1. The van der Waals surface area contributed by atoms with Crippen LogP contribution in [0.2, 0.25) is 0 Å². The summed E-state index contributed by atoms with van der Waals surface area (Å²) in [6, 6.07) is 0. The topological polar surface area (TPSA) is 29.5 Å². The molecular formula is C9H12O2S. The average molecular weight is 184 g/mol. The van der Waals surface area contributed by atoms with E-state index in [2.05, 4.69) is 0 Å². The number of rotatable bonds is 0. The minimum atomic E-state index is -0.436. The first-order valence-corrected chi connectivity index (χ1v) is 4.96. The Morgan fingerprint density at radius 3 is 3.08 bits per heavy atom. The van der Waals surface area contributed by atoms with Crippen molar-refractivity contribution in [2.75, 3.05) is 0 Å². The maximum Gasteiger partial charge on any atom is 0.134 e. The molecule has 2 nitrogen and oxygen atoms in total. The van der Waals surface area contributed by atoms with Gasteiger partial charge in [0.2, 0.25) is 0 Å². The Balaban J connectivity index is 2.35. The van der Waals surface area contributed by atoms with Crippen molar-refractivity contribution in [2.45, 2.75) is 32.0 Å². The van der Waals surface area contributed by atoms with Gasteiger partial charge in [-0.2, -0.15) is 0 Å². The molecule has 0 aromatic carbocycles. The van der Waals surface area contributed by atoms with Gasteiger partial charge in [-0.05, 0) is 19.2 Å². The van der Waals surface area contributed by atoms with Crippen LogP contribution in [0, 0.1) is 0 Å². The number of ether oxygens (including phenoxy) is 1. The first kappa shape index (κ1) is 8.08. The molecule has 1 aliphatic rings. The fourth-order valence-corrected chi connectivity index (χ4v) is 2.12. The molecule has 1 N–H and O–H groups in total. The highest BCUT2D eigenvalue weighted by Crippen LogP contribution is 2.35. The molecule has 2 rings (SSSR count). The molecule has 1 aromatic rings. The zero-order valence-electron chi connectivity index (χ0n) is 7.20. The van der Waals surface area contributed by atoms with Gasteiger partial charge in [-0.25, -0.2) is 0 Å². The normalized spacial score (nSPS) is 26.1. The highest BCUT2D eigenvalue weighted by Gasteiger charge is 2.35. The highest BCUT2D eigenvalue weighted by molar-refractivity contribution is 7.08. The molecule has 12 heavy (non-hydrogen) atoms. The number of hydrogen-bond acceptors (Lipinski definition) is 3. The Kier molecular flexibility index (Phi) is 1.66. The maximum absolute atomic E-state index is 9.68. The molecule has 1 atom stereocenters. The Hall–Kier alpha value is -0.540. The van der Waals surface area contributed by atoms with Crippen LogP contribution < -0.4 is 4.74 Å². The van der Waals surface area contributed by atoms with Crippen LogP contribution in [0.5, 0.6) is 5.75 Å². The number of hydrogen-bond donors (Lipinski definition) is 1. The number of fused-ring (bicyclic) bond motifs is 1. The summed E-state index contributed by atoms with van der Waals surface area (Å²) in [6.45, 7) is 3.83. The second kappa shape index (κ2) is 2.47. The van der Waals surface area contributed by atoms with Crippen LogP contribution in [0.15, 0.2) is 10.8 Å². The van der Waals surface area contributed by atoms with Gasteiger partial charge in [0, 0.05) is 17.4 Å². The van der Waals surface area contributed by atoms with Crippen LogP contribution in [0.25, 0.3) is 0 Å². The van der Waals surface area contributed by atoms with E-state index in [1.165, 1.54) is 0 Å². The van der Waals surface area contributed by atoms with Crippen molar-refractivity contribution in [1.82, 2.24) is 0 Å². The standard InChI is InChI=1S/C9H12O2S/c1-9(2)8(10)3-6-4-12-5-7(6)11-9/h4-5,8,10H,3H2,1-2H3. The van der Waals surface area contributed by atoms with Crippen molar-refractivity contribution >= 4 is 11.3 Å². The van der Waals surface area contributed by atoms with Crippen LogP contribution in [0.3, 0.4) is 0 Å². The zero-order chi connectivity index (χ0) is 8.77. The lowest BCUT2D eigenvalue weighted by molar-refractivity contribution is -0.0406. The molecule has 0 radical (unpaired) electrons. The molecule has 1 unspecified atom stereocenters. The average Bonchev–Trinajstić information content (AvgIpc) is 2.35. The van der Waals surface area contributed by atoms with Gasteiger partial charge in [0.25, 0.3) is 0 Å². The van der Waals surface area contributed by atoms with Crippen molar-refractivity contribution in [3.05, 3.63) is 16.3 Å². The molecule has 0 saturated heterocycles. The van der Waals surface area contributed by atoms with E-state index < -0.39 is 5.60 Å². The summed E-state index contributed by atoms with van der Waals surface area (Å²) in [5.74, 6) is 0.940. The van der Waals surface area contributed by atoms with E-state index in [-0.39, 0.29) is 6.10 Å². The van der Waals surface area contributed by atoms with Gasteiger partial charge in [0.05, 0.1) is 6.10 Å². The van der Waals surface area contributed by atoms with Crippen molar-refractivity contribution in [3.8, 4) is 5.75 Å². The van der Waals surface area contributed by atoms with E-state index in [1.54, 1.807) is 11.3 Å². The van der Waals surface area contributed by atoms with Crippen LogP contribution in [0.1, 0.15) is 19.4 Å². The zero-order valence-corrected chi connectivity index (χ0v) is 8.02. The number of aliphatic hydroxyl groups is 1. The summed E-state index contributed by atoms with van der Waals surface area (Å²) in [5, 5.41) is 13.7.